The summed E-state index contributed by atoms with van der Waals surface area (Å²) in [5, 5.41) is 13.6. The Morgan fingerprint density at radius 2 is 1.60 bits per heavy atom. The van der Waals surface area contributed by atoms with E-state index in [1.54, 1.807) is 36.4 Å². The summed E-state index contributed by atoms with van der Waals surface area (Å²) in [5.74, 6) is -6.84. The topological polar surface area (TPSA) is 138 Å². The van der Waals surface area contributed by atoms with E-state index in [0.717, 1.165) is 5.39 Å². The maximum atomic E-state index is 15.3. The van der Waals surface area contributed by atoms with E-state index in [2.05, 4.69) is 0 Å². The van der Waals surface area contributed by atoms with Crippen LogP contribution < -0.4 is 10.6 Å². The lowest BCUT2D eigenvalue weighted by Gasteiger charge is -2.51. The van der Waals surface area contributed by atoms with Gasteiger partial charge in [-0.25, -0.2) is 9.69 Å². The normalized spacial score (nSPS) is 28.3. The van der Waals surface area contributed by atoms with Crippen molar-refractivity contribution in [3.63, 3.8) is 0 Å². The molecule has 3 fully saturated rings. The van der Waals surface area contributed by atoms with Gasteiger partial charge >= 0.3 is 6.03 Å². The molecule has 8 rings (SSSR count). The Bertz CT molecular complexity index is 2100. The lowest BCUT2D eigenvalue weighted by atomic mass is 9.48. The zero-order chi connectivity index (χ0) is 32.8. The SMILES string of the molecule is NC(=O)N1C(=O)[C@H]2[C@H](CC=C3[C@H]2C[C@H]2C(=O)N(c4cccc(Cl)c4)C(=O)[C@@]2(c2ccccc2)[C@H]3c2c(O)ccc3ccccc23)C1=O. The fourth-order valence-electron chi connectivity index (χ4n) is 8.86. The third-order valence-electron chi connectivity index (χ3n) is 10.6. The minimum atomic E-state index is -1.55. The quantitative estimate of drug-likeness (QED) is 0.225. The third kappa shape index (κ3) is 3.86. The first-order chi connectivity index (χ1) is 22.7. The molecule has 3 N–H and O–H groups in total. The van der Waals surface area contributed by atoms with Gasteiger partial charge < -0.3 is 10.8 Å². The molecule has 2 saturated heterocycles. The summed E-state index contributed by atoms with van der Waals surface area (Å²) in [6, 6.07) is 25.3. The maximum Gasteiger partial charge on any atom is 0.328 e. The maximum absolute atomic E-state index is 15.3. The molecule has 9 nitrogen and oxygen atoms in total. The second kappa shape index (κ2) is 10.4. The molecule has 4 aliphatic rings. The van der Waals surface area contributed by atoms with Gasteiger partial charge in [0.15, 0.2) is 0 Å². The molecule has 4 aromatic rings. The number of carbonyl (C=O) groups is 5. The van der Waals surface area contributed by atoms with E-state index in [1.165, 1.54) is 4.90 Å². The number of rotatable bonds is 3. The number of anilines is 1. The molecular weight excluding hydrogens is 618 g/mol. The Morgan fingerprint density at radius 3 is 2.34 bits per heavy atom. The van der Waals surface area contributed by atoms with E-state index < -0.39 is 64.7 Å². The van der Waals surface area contributed by atoms with Crippen molar-refractivity contribution in [1.82, 2.24) is 4.90 Å². The van der Waals surface area contributed by atoms with Gasteiger partial charge in [0.25, 0.3) is 0 Å². The van der Waals surface area contributed by atoms with Gasteiger partial charge in [0.05, 0.1) is 28.9 Å². The standard InChI is InChI=1S/C37H28ClN3O6/c38-21-10-6-11-22(17-21)40-33(44)27-18-26-24(14-15-25-29(26)34(45)41(32(25)43)36(39)47)31(37(27,35(40)46)20-8-2-1-3-9-20)30-23-12-5-4-7-19(23)13-16-28(30)42/h1-14,16-17,25-27,29,31,42H,15,18H2,(H2,39,47)/t25-,26+,27-,29-,31+,37+/m0/s1. The summed E-state index contributed by atoms with van der Waals surface area (Å²) in [6.45, 7) is 0. The highest BCUT2D eigenvalue weighted by Gasteiger charge is 2.70. The number of allylic oxidation sites excluding steroid dienone is 2. The van der Waals surface area contributed by atoms with Gasteiger partial charge in [-0.15, -0.1) is 0 Å². The molecule has 0 radical (unpaired) electrons. The van der Waals surface area contributed by atoms with Gasteiger partial charge in [0.1, 0.15) is 5.75 Å². The number of phenolic OH excluding ortho intramolecular Hbond substituents is 1. The van der Waals surface area contributed by atoms with Crippen molar-refractivity contribution in [1.29, 1.82) is 0 Å². The van der Waals surface area contributed by atoms with Gasteiger partial charge in [0, 0.05) is 16.5 Å². The summed E-state index contributed by atoms with van der Waals surface area (Å²) in [6.07, 6.45) is 2.05. The van der Waals surface area contributed by atoms with Gasteiger partial charge in [-0.2, -0.15) is 4.90 Å². The molecule has 0 unspecified atom stereocenters. The van der Waals surface area contributed by atoms with Gasteiger partial charge in [0.2, 0.25) is 23.6 Å². The van der Waals surface area contributed by atoms with Crippen molar-refractivity contribution in [3.05, 3.63) is 119 Å². The van der Waals surface area contributed by atoms with E-state index in [1.807, 2.05) is 60.7 Å². The molecule has 1 saturated carbocycles. The molecule has 2 aliphatic heterocycles. The molecule has 0 bridgehead atoms. The smallest absolute Gasteiger partial charge is 0.328 e. The largest absolute Gasteiger partial charge is 0.508 e. The highest BCUT2D eigenvalue weighted by molar-refractivity contribution is 6.32. The molecule has 6 atom stereocenters. The van der Waals surface area contributed by atoms with Crippen LogP contribution in [0.15, 0.2) is 103 Å². The van der Waals surface area contributed by atoms with Crippen LogP contribution in [0.1, 0.15) is 29.9 Å². The summed E-state index contributed by atoms with van der Waals surface area (Å²) in [4.78, 5) is 71.3. The molecular formula is C37H28ClN3O6. The van der Waals surface area contributed by atoms with E-state index in [0.29, 0.717) is 37.7 Å². The van der Waals surface area contributed by atoms with Crippen molar-refractivity contribution in [3.8, 4) is 5.75 Å². The van der Waals surface area contributed by atoms with Crippen LogP contribution in [0.25, 0.3) is 10.8 Å². The van der Waals surface area contributed by atoms with Crippen LogP contribution >= 0.6 is 11.6 Å². The Kier molecular flexibility index (Phi) is 6.43. The second-order valence-electron chi connectivity index (χ2n) is 12.7. The van der Waals surface area contributed by atoms with E-state index >= 15 is 4.79 Å². The summed E-state index contributed by atoms with van der Waals surface area (Å²) >= 11 is 6.36. The number of phenols is 1. The lowest BCUT2D eigenvalue weighted by Crippen LogP contribution is -2.53. The average molecular weight is 646 g/mol. The summed E-state index contributed by atoms with van der Waals surface area (Å²) in [7, 11) is 0. The van der Waals surface area contributed by atoms with Crippen molar-refractivity contribution < 1.29 is 29.1 Å². The number of likely N-dealkylation sites (tertiary alicyclic amines) is 1. The molecule has 10 heteroatoms. The molecule has 2 heterocycles. The number of benzene rings is 4. The molecule has 234 valence electrons. The van der Waals surface area contributed by atoms with Crippen molar-refractivity contribution in [2.45, 2.75) is 24.2 Å². The molecule has 2 aliphatic carbocycles. The number of aromatic hydroxyl groups is 1. The minimum absolute atomic E-state index is 0.0528. The Morgan fingerprint density at radius 1 is 0.851 bits per heavy atom. The number of amides is 6. The van der Waals surface area contributed by atoms with Gasteiger partial charge in [-0.3, -0.25) is 19.2 Å². The molecule has 0 spiro atoms. The van der Waals surface area contributed by atoms with Crippen LogP contribution in [-0.4, -0.2) is 39.7 Å². The van der Waals surface area contributed by atoms with Gasteiger partial charge in [-0.1, -0.05) is 90.0 Å². The first-order valence-electron chi connectivity index (χ1n) is 15.4. The van der Waals surface area contributed by atoms with Crippen LogP contribution in [0.5, 0.6) is 5.75 Å². The fourth-order valence-corrected chi connectivity index (χ4v) is 9.05. The number of nitrogens with two attached hydrogens (primary N) is 1. The number of carbonyl (C=O) groups excluding carboxylic acids is 5. The van der Waals surface area contributed by atoms with Crippen LogP contribution in [0.3, 0.4) is 0 Å². The summed E-state index contributed by atoms with van der Waals surface area (Å²) < 4.78 is 0. The van der Waals surface area contributed by atoms with Gasteiger partial charge in [-0.05, 0) is 59.4 Å². The molecule has 4 aromatic carbocycles. The summed E-state index contributed by atoms with van der Waals surface area (Å²) in [5.41, 5.74) is 5.95. The molecule has 47 heavy (non-hydrogen) atoms. The third-order valence-corrected chi connectivity index (χ3v) is 10.9. The number of nitrogens with zero attached hydrogens (tertiary/aromatic N) is 2. The average Bonchev–Trinajstić information content (AvgIpc) is 3.46. The highest BCUT2D eigenvalue weighted by atomic mass is 35.5. The molecule has 0 aromatic heterocycles. The number of urea groups is 1. The number of hydrogen-bond acceptors (Lipinski definition) is 6. The highest BCUT2D eigenvalue weighted by Crippen LogP contribution is 2.65. The van der Waals surface area contributed by atoms with E-state index in [9.17, 15) is 24.3 Å². The van der Waals surface area contributed by atoms with Crippen molar-refractivity contribution in [2.75, 3.05) is 4.90 Å². The van der Waals surface area contributed by atoms with Crippen LogP contribution in [0.2, 0.25) is 5.02 Å². The predicted molar refractivity (Wildman–Crippen MR) is 173 cm³/mol. The monoisotopic (exact) mass is 645 g/mol. The van der Waals surface area contributed by atoms with Crippen LogP contribution in [-0.2, 0) is 24.6 Å². The number of hydrogen-bond donors (Lipinski definition) is 2. The van der Waals surface area contributed by atoms with Crippen molar-refractivity contribution in [2.24, 2.45) is 29.4 Å². The minimum Gasteiger partial charge on any atom is -0.508 e. The Balaban J connectivity index is 1.45. The number of fused-ring (bicyclic) bond motifs is 5. The van der Waals surface area contributed by atoms with E-state index in [4.69, 9.17) is 17.3 Å². The second-order valence-corrected chi connectivity index (χ2v) is 13.1. The fraction of sp³-hybridized carbons (Fsp3) is 0.216. The van der Waals surface area contributed by atoms with Crippen molar-refractivity contribution >= 4 is 57.7 Å². The first kappa shape index (κ1) is 29.1. The zero-order valence-corrected chi connectivity index (χ0v) is 25.6. The van der Waals surface area contributed by atoms with Crippen LogP contribution in [0.4, 0.5) is 10.5 Å². The lowest BCUT2D eigenvalue weighted by molar-refractivity contribution is -0.136. The first-order valence-corrected chi connectivity index (χ1v) is 15.8. The molecule has 6 amide bonds. The number of halogens is 1. The Hall–Kier alpha value is -5.28. The predicted octanol–water partition coefficient (Wildman–Crippen LogP) is 5.44. The number of primary amides is 1. The van der Waals surface area contributed by atoms with E-state index in [-0.39, 0.29) is 18.6 Å². The zero-order valence-electron chi connectivity index (χ0n) is 24.9. The Labute approximate surface area is 274 Å². The van der Waals surface area contributed by atoms with Crippen LogP contribution in [0, 0.1) is 23.7 Å². The number of imide groups is 4.